The fourth-order valence-electron chi connectivity index (χ4n) is 1.64. The Morgan fingerprint density at radius 1 is 1.50 bits per heavy atom. The predicted molar refractivity (Wildman–Crippen MR) is 76.9 cm³/mol. The maximum atomic E-state index is 13.7. The van der Waals surface area contributed by atoms with Crippen molar-refractivity contribution in [1.29, 1.82) is 0 Å². The van der Waals surface area contributed by atoms with E-state index in [1.165, 1.54) is 17.4 Å². The Labute approximate surface area is 120 Å². The Kier molecular flexibility index (Phi) is 4.68. The molecule has 0 aliphatic heterocycles. The molecule has 6 heteroatoms. The van der Waals surface area contributed by atoms with Gasteiger partial charge in [-0.15, -0.1) is 11.3 Å². The molecular formula is C14H15FN2O2S. The number of benzene rings is 1. The Balaban J connectivity index is 2.04. The maximum absolute atomic E-state index is 13.7. The van der Waals surface area contributed by atoms with Crippen LogP contribution < -0.4 is 5.32 Å². The van der Waals surface area contributed by atoms with Gasteiger partial charge in [0.25, 0.3) is 0 Å². The number of aryl methyl sites for hydroxylation is 1. The number of anilines is 2. The Bertz CT molecular complexity index is 613. The lowest BCUT2D eigenvalue weighted by Crippen LogP contribution is -2.07. The van der Waals surface area contributed by atoms with Crippen LogP contribution in [0.15, 0.2) is 23.6 Å². The molecule has 2 aromatic rings. The average molecular weight is 294 g/mol. The van der Waals surface area contributed by atoms with E-state index in [1.54, 1.807) is 18.4 Å². The SMILES string of the molecule is CCOC(=O)Cc1csc(Nc2ccc(C)cc2F)n1. The van der Waals surface area contributed by atoms with Crippen LogP contribution in [0.5, 0.6) is 0 Å². The van der Waals surface area contributed by atoms with Gasteiger partial charge in [-0.1, -0.05) is 6.07 Å². The number of hydrogen-bond donors (Lipinski definition) is 1. The number of rotatable bonds is 5. The van der Waals surface area contributed by atoms with Gasteiger partial charge in [-0.05, 0) is 31.5 Å². The third-order valence-corrected chi connectivity index (χ3v) is 3.36. The molecule has 0 aliphatic rings. The van der Waals surface area contributed by atoms with E-state index in [0.29, 0.717) is 23.1 Å². The van der Waals surface area contributed by atoms with E-state index in [4.69, 9.17) is 4.74 Å². The largest absolute Gasteiger partial charge is 0.466 e. The highest BCUT2D eigenvalue weighted by Gasteiger charge is 2.10. The van der Waals surface area contributed by atoms with Crippen molar-refractivity contribution in [1.82, 2.24) is 4.98 Å². The zero-order valence-electron chi connectivity index (χ0n) is 11.3. The van der Waals surface area contributed by atoms with Gasteiger partial charge in [0, 0.05) is 5.38 Å². The molecule has 0 atom stereocenters. The lowest BCUT2D eigenvalue weighted by atomic mass is 10.2. The van der Waals surface area contributed by atoms with Crippen molar-refractivity contribution in [3.05, 3.63) is 40.7 Å². The van der Waals surface area contributed by atoms with Crippen molar-refractivity contribution in [2.75, 3.05) is 11.9 Å². The first-order chi connectivity index (χ1) is 9.58. The number of hydrogen-bond acceptors (Lipinski definition) is 5. The van der Waals surface area contributed by atoms with Crippen molar-refractivity contribution in [2.45, 2.75) is 20.3 Å². The van der Waals surface area contributed by atoms with Crippen molar-refractivity contribution < 1.29 is 13.9 Å². The minimum atomic E-state index is -0.327. The number of ether oxygens (including phenoxy) is 1. The van der Waals surface area contributed by atoms with Crippen LogP contribution >= 0.6 is 11.3 Å². The van der Waals surface area contributed by atoms with Crippen molar-refractivity contribution in [3.63, 3.8) is 0 Å². The second-order valence-corrected chi connectivity index (χ2v) is 5.09. The van der Waals surface area contributed by atoms with Gasteiger partial charge in [-0.3, -0.25) is 4.79 Å². The van der Waals surface area contributed by atoms with Gasteiger partial charge < -0.3 is 10.1 Å². The fraction of sp³-hybridized carbons (Fsp3) is 0.286. The molecule has 0 aliphatic carbocycles. The van der Waals surface area contributed by atoms with Crippen molar-refractivity contribution in [2.24, 2.45) is 0 Å². The third-order valence-electron chi connectivity index (χ3n) is 2.55. The number of thiazole rings is 1. The molecule has 20 heavy (non-hydrogen) atoms. The lowest BCUT2D eigenvalue weighted by molar-refractivity contribution is -0.142. The van der Waals surface area contributed by atoms with Crippen LogP contribution in [0, 0.1) is 12.7 Å². The molecule has 0 bridgehead atoms. The second kappa shape index (κ2) is 6.47. The molecule has 1 aromatic heterocycles. The number of carbonyl (C=O) groups is 1. The third kappa shape index (κ3) is 3.77. The summed E-state index contributed by atoms with van der Waals surface area (Å²) in [6.45, 7) is 3.93. The van der Waals surface area contributed by atoms with Crippen molar-refractivity contribution in [3.8, 4) is 0 Å². The summed E-state index contributed by atoms with van der Waals surface area (Å²) in [4.78, 5) is 15.6. The normalized spacial score (nSPS) is 10.3. The lowest BCUT2D eigenvalue weighted by Gasteiger charge is -2.04. The number of esters is 1. The van der Waals surface area contributed by atoms with E-state index in [0.717, 1.165) is 5.56 Å². The summed E-state index contributed by atoms with van der Waals surface area (Å²) in [5.41, 5.74) is 1.84. The molecule has 1 N–H and O–H groups in total. The van der Waals surface area contributed by atoms with Gasteiger partial charge in [0.15, 0.2) is 5.13 Å². The van der Waals surface area contributed by atoms with Crippen LogP contribution in [0.4, 0.5) is 15.2 Å². The molecule has 0 fully saturated rings. The van der Waals surface area contributed by atoms with E-state index in [2.05, 4.69) is 10.3 Å². The summed E-state index contributed by atoms with van der Waals surface area (Å²) in [5.74, 6) is -0.641. The van der Waals surface area contributed by atoms with Crippen LogP contribution in [-0.4, -0.2) is 17.6 Å². The first-order valence-electron chi connectivity index (χ1n) is 6.21. The summed E-state index contributed by atoms with van der Waals surface area (Å²) in [6, 6.07) is 4.94. The Hall–Kier alpha value is -1.95. The smallest absolute Gasteiger partial charge is 0.311 e. The number of nitrogens with zero attached hydrogens (tertiary/aromatic N) is 1. The van der Waals surface area contributed by atoms with Gasteiger partial charge in [-0.25, -0.2) is 9.37 Å². The molecule has 1 heterocycles. The van der Waals surface area contributed by atoms with Crippen molar-refractivity contribution >= 4 is 28.1 Å². The molecule has 0 amide bonds. The Morgan fingerprint density at radius 2 is 2.30 bits per heavy atom. The average Bonchev–Trinajstić information content (AvgIpc) is 2.80. The van der Waals surface area contributed by atoms with E-state index in [-0.39, 0.29) is 18.2 Å². The topological polar surface area (TPSA) is 51.2 Å². The maximum Gasteiger partial charge on any atom is 0.311 e. The number of aromatic nitrogens is 1. The first-order valence-corrected chi connectivity index (χ1v) is 7.09. The first kappa shape index (κ1) is 14.5. The van der Waals surface area contributed by atoms with Crippen LogP contribution in [0.3, 0.4) is 0 Å². The molecule has 4 nitrogen and oxygen atoms in total. The van der Waals surface area contributed by atoms with Gasteiger partial charge in [0.1, 0.15) is 5.82 Å². The van der Waals surface area contributed by atoms with E-state index < -0.39 is 0 Å². The molecule has 0 radical (unpaired) electrons. The zero-order chi connectivity index (χ0) is 14.5. The molecule has 0 saturated carbocycles. The summed E-state index contributed by atoms with van der Waals surface area (Å²) < 4.78 is 18.5. The van der Waals surface area contributed by atoms with Gasteiger partial charge in [0.2, 0.25) is 0 Å². The molecule has 0 unspecified atom stereocenters. The van der Waals surface area contributed by atoms with Crippen LogP contribution in [0.2, 0.25) is 0 Å². The summed E-state index contributed by atoms with van der Waals surface area (Å²) >= 11 is 1.32. The standard InChI is InChI=1S/C14H15FN2O2S/c1-3-19-13(18)7-10-8-20-14(16-10)17-12-5-4-9(2)6-11(12)15/h4-6,8H,3,7H2,1-2H3,(H,16,17). The highest BCUT2D eigenvalue weighted by molar-refractivity contribution is 7.13. The number of carbonyl (C=O) groups excluding carboxylic acids is 1. The summed E-state index contributed by atoms with van der Waals surface area (Å²) in [5, 5.41) is 5.21. The molecule has 1 aromatic carbocycles. The molecule has 0 saturated heterocycles. The fourth-order valence-corrected chi connectivity index (χ4v) is 2.36. The highest BCUT2D eigenvalue weighted by atomic mass is 32.1. The minimum Gasteiger partial charge on any atom is -0.466 e. The summed E-state index contributed by atoms with van der Waals surface area (Å²) in [6.07, 6.45) is 0.127. The second-order valence-electron chi connectivity index (χ2n) is 4.23. The quantitative estimate of drug-likeness (QED) is 0.858. The van der Waals surface area contributed by atoms with Gasteiger partial charge in [-0.2, -0.15) is 0 Å². The van der Waals surface area contributed by atoms with Gasteiger partial charge in [0.05, 0.1) is 24.4 Å². The zero-order valence-corrected chi connectivity index (χ0v) is 12.1. The predicted octanol–water partition coefficient (Wildman–Crippen LogP) is 3.44. The Morgan fingerprint density at radius 3 is 3.00 bits per heavy atom. The molecule has 0 spiro atoms. The molecule has 106 valence electrons. The van der Waals surface area contributed by atoms with Gasteiger partial charge >= 0.3 is 5.97 Å². The monoisotopic (exact) mass is 294 g/mol. The van der Waals surface area contributed by atoms with Crippen LogP contribution in [-0.2, 0) is 16.0 Å². The minimum absolute atomic E-state index is 0.127. The van der Waals surface area contributed by atoms with E-state index in [1.807, 2.05) is 13.0 Å². The number of nitrogens with one attached hydrogen (secondary N) is 1. The van der Waals surface area contributed by atoms with Crippen LogP contribution in [0.25, 0.3) is 0 Å². The van der Waals surface area contributed by atoms with E-state index >= 15 is 0 Å². The summed E-state index contributed by atoms with van der Waals surface area (Å²) in [7, 11) is 0. The number of halogens is 1. The van der Waals surface area contributed by atoms with E-state index in [9.17, 15) is 9.18 Å². The molecular weight excluding hydrogens is 279 g/mol. The van der Waals surface area contributed by atoms with Crippen LogP contribution in [0.1, 0.15) is 18.2 Å². The highest BCUT2D eigenvalue weighted by Crippen LogP contribution is 2.24. The molecule has 2 rings (SSSR count).